The van der Waals surface area contributed by atoms with Gasteiger partial charge >= 0.3 is 0 Å². The lowest BCUT2D eigenvalue weighted by molar-refractivity contribution is 0.289. The summed E-state index contributed by atoms with van der Waals surface area (Å²) in [5.41, 5.74) is 0.221. The molecule has 2 radical (unpaired) electrons. The largest absolute Gasteiger partial charge is 0.316 e. The topological polar surface area (TPSA) is 24.1 Å². The third kappa shape index (κ3) is 12.8. The van der Waals surface area contributed by atoms with E-state index in [1.54, 1.807) is 0 Å². The van der Waals surface area contributed by atoms with Crippen molar-refractivity contribution in [3.63, 3.8) is 0 Å². The van der Waals surface area contributed by atoms with Crippen molar-refractivity contribution in [2.24, 2.45) is 11.8 Å². The first-order valence-corrected chi connectivity index (χ1v) is 7.76. The third-order valence-electron chi connectivity index (χ3n) is 3.29. The van der Waals surface area contributed by atoms with E-state index in [1.807, 2.05) is 0 Å². The van der Waals surface area contributed by atoms with Gasteiger partial charge in [-0.15, -0.1) is 0 Å². The van der Waals surface area contributed by atoms with E-state index in [1.165, 1.54) is 6.42 Å². The molecule has 0 aromatic carbocycles. The molecular formula is C16H35BN2. The van der Waals surface area contributed by atoms with Crippen LogP contribution < -0.4 is 10.6 Å². The summed E-state index contributed by atoms with van der Waals surface area (Å²) in [7, 11) is 5.97. The Morgan fingerprint density at radius 3 is 2.05 bits per heavy atom. The molecule has 2 nitrogen and oxygen atoms in total. The molecule has 2 N–H and O–H groups in total. The first-order chi connectivity index (χ1) is 8.52. The van der Waals surface area contributed by atoms with Gasteiger partial charge in [0.25, 0.3) is 0 Å². The summed E-state index contributed by atoms with van der Waals surface area (Å²) in [4.78, 5) is 0. The van der Waals surface area contributed by atoms with Crippen LogP contribution in [0.25, 0.3) is 0 Å². The highest BCUT2D eigenvalue weighted by atomic mass is 15.0. The van der Waals surface area contributed by atoms with Crippen molar-refractivity contribution in [1.29, 1.82) is 0 Å². The predicted molar refractivity (Wildman–Crippen MR) is 88.0 cm³/mol. The molecule has 0 bridgehead atoms. The maximum Gasteiger partial charge on any atom is 0.0739 e. The Morgan fingerprint density at radius 2 is 1.58 bits per heavy atom. The van der Waals surface area contributed by atoms with Crippen LogP contribution in [0.1, 0.15) is 61.3 Å². The Balaban J connectivity index is 3.80. The Bertz CT molecular complexity index is 231. The van der Waals surface area contributed by atoms with Crippen molar-refractivity contribution in [2.75, 3.05) is 19.6 Å². The van der Waals surface area contributed by atoms with E-state index in [0.29, 0.717) is 11.8 Å². The molecular weight excluding hydrogens is 231 g/mol. The quantitative estimate of drug-likeness (QED) is 0.468. The Kier molecular flexibility index (Phi) is 8.30. The fourth-order valence-corrected chi connectivity index (χ4v) is 2.25. The predicted octanol–water partition coefficient (Wildman–Crippen LogP) is 3.38. The normalized spacial score (nSPS) is 14.9. The first kappa shape index (κ1) is 19.0. The molecule has 0 fully saturated rings. The summed E-state index contributed by atoms with van der Waals surface area (Å²) < 4.78 is 0. The molecule has 0 rings (SSSR count). The van der Waals surface area contributed by atoms with Gasteiger partial charge in [0.15, 0.2) is 0 Å². The molecule has 1 unspecified atom stereocenters. The monoisotopic (exact) mass is 266 g/mol. The second kappa shape index (κ2) is 8.31. The summed E-state index contributed by atoms with van der Waals surface area (Å²) in [6.45, 7) is 18.8. The van der Waals surface area contributed by atoms with Gasteiger partial charge < -0.3 is 10.6 Å². The van der Waals surface area contributed by atoms with Gasteiger partial charge in [-0.25, -0.2) is 0 Å². The van der Waals surface area contributed by atoms with Crippen molar-refractivity contribution >= 4 is 7.85 Å². The molecule has 0 saturated carbocycles. The number of rotatable bonds is 10. The Morgan fingerprint density at radius 1 is 1.00 bits per heavy atom. The molecule has 0 aliphatic carbocycles. The van der Waals surface area contributed by atoms with Crippen LogP contribution in [0.4, 0.5) is 0 Å². The van der Waals surface area contributed by atoms with E-state index < -0.39 is 0 Å². The van der Waals surface area contributed by atoms with Gasteiger partial charge in [0.2, 0.25) is 0 Å². The molecule has 0 aromatic heterocycles. The lowest BCUT2D eigenvalue weighted by Crippen LogP contribution is -2.43. The molecule has 0 spiro atoms. The van der Waals surface area contributed by atoms with E-state index in [-0.39, 0.29) is 10.9 Å². The lowest BCUT2D eigenvalue weighted by Gasteiger charge is -2.31. The molecule has 3 heteroatoms. The van der Waals surface area contributed by atoms with E-state index >= 15 is 0 Å². The van der Waals surface area contributed by atoms with E-state index in [0.717, 1.165) is 26.1 Å². The lowest BCUT2D eigenvalue weighted by atomic mass is 9.70. The van der Waals surface area contributed by atoms with Crippen LogP contribution in [0.5, 0.6) is 0 Å². The van der Waals surface area contributed by atoms with Crippen LogP contribution in [0.15, 0.2) is 0 Å². The zero-order valence-electron chi connectivity index (χ0n) is 14.3. The van der Waals surface area contributed by atoms with Crippen LogP contribution in [0.2, 0.25) is 5.31 Å². The van der Waals surface area contributed by atoms with Gasteiger partial charge in [-0.05, 0) is 58.2 Å². The Labute approximate surface area is 122 Å². The average molecular weight is 266 g/mol. The minimum absolute atomic E-state index is 0.0612. The first-order valence-electron chi connectivity index (χ1n) is 7.76. The smallest absolute Gasteiger partial charge is 0.0739 e. The average Bonchev–Trinajstić information content (AvgIpc) is 2.20. The second-order valence-corrected chi connectivity index (χ2v) is 7.91. The summed E-state index contributed by atoms with van der Waals surface area (Å²) >= 11 is 0. The van der Waals surface area contributed by atoms with E-state index in [9.17, 15) is 0 Å². The van der Waals surface area contributed by atoms with Crippen molar-refractivity contribution in [3.05, 3.63) is 0 Å². The van der Waals surface area contributed by atoms with Crippen LogP contribution in [-0.2, 0) is 0 Å². The minimum atomic E-state index is -0.0612. The number of hydrogen-bond acceptors (Lipinski definition) is 2. The van der Waals surface area contributed by atoms with Crippen molar-refractivity contribution < 1.29 is 0 Å². The summed E-state index contributed by atoms with van der Waals surface area (Å²) in [5, 5.41) is 7.12. The van der Waals surface area contributed by atoms with Gasteiger partial charge in [0.1, 0.15) is 0 Å². The second-order valence-electron chi connectivity index (χ2n) is 7.91. The fraction of sp³-hybridized carbons (Fsp3) is 1.00. The molecule has 0 saturated heterocycles. The standard InChI is InChI=1S/C16H35BN2/c1-13(2)11-19-16(6,7)10-14(3)12-18-9-8-15(4,5)17/h13-14,18-19H,8-12H2,1-7H3. The van der Waals surface area contributed by atoms with Crippen molar-refractivity contribution in [2.45, 2.75) is 72.2 Å². The molecule has 1 atom stereocenters. The van der Waals surface area contributed by atoms with Gasteiger partial charge in [0, 0.05) is 5.54 Å². The van der Waals surface area contributed by atoms with E-state index in [4.69, 9.17) is 7.85 Å². The van der Waals surface area contributed by atoms with Crippen molar-refractivity contribution in [1.82, 2.24) is 10.6 Å². The summed E-state index contributed by atoms with van der Waals surface area (Å²) in [6, 6.07) is 0. The SMILES string of the molecule is [B]C(C)(C)CCNCC(C)CC(C)(C)NCC(C)C. The van der Waals surface area contributed by atoms with Crippen LogP contribution in [0.3, 0.4) is 0 Å². The van der Waals surface area contributed by atoms with E-state index in [2.05, 4.69) is 59.1 Å². The minimum Gasteiger partial charge on any atom is -0.316 e. The zero-order chi connectivity index (χ0) is 15.1. The summed E-state index contributed by atoms with van der Waals surface area (Å²) in [6.07, 6.45) is 2.22. The van der Waals surface area contributed by atoms with Gasteiger partial charge in [-0.3, -0.25) is 0 Å². The van der Waals surface area contributed by atoms with Crippen molar-refractivity contribution in [3.8, 4) is 0 Å². The van der Waals surface area contributed by atoms with Gasteiger partial charge in [-0.2, -0.15) is 0 Å². The highest BCUT2D eigenvalue weighted by Gasteiger charge is 2.20. The highest BCUT2D eigenvalue weighted by molar-refractivity contribution is 6.14. The maximum absolute atomic E-state index is 5.97. The maximum atomic E-state index is 5.97. The van der Waals surface area contributed by atoms with Crippen LogP contribution >= 0.6 is 0 Å². The number of hydrogen-bond donors (Lipinski definition) is 2. The van der Waals surface area contributed by atoms with Crippen LogP contribution in [-0.4, -0.2) is 33.0 Å². The van der Waals surface area contributed by atoms with Gasteiger partial charge in [-0.1, -0.05) is 39.9 Å². The molecule has 0 aliphatic heterocycles. The zero-order valence-corrected chi connectivity index (χ0v) is 14.3. The summed E-state index contributed by atoms with van der Waals surface area (Å²) in [5.74, 6) is 1.38. The van der Waals surface area contributed by atoms with Crippen LogP contribution in [0, 0.1) is 11.8 Å². The molecule has 19 heavy (non-hydrogen) atoms. The highest BCUT2D eigenvalue weighted by Crippen LogP contribution is 2.22. The fourth-order valence-electron chi connectivity index (χ4n) is 2.25. The van der Waals surface area contributed by atoms with Gasteiger partial charge in [0.05, 0.1) is 7.85 Å². The molecule has 0 amide bonds. The molecule has 0 heterocycles. The third-order valence-corrected chi connectivity index (χ3v) is 3.29. The molecule has 112 valence electrons. The molecule has 0 aromatic rings. The molecule has 0 aliphatic rings. The number of nitrogens with one attached hydrogen (secondary N) is 2. The Hall–Kier alpha value is -0.0151.